The molecule has 1 N–H and O–H groups in total. The molecule has 0 aromatic rings. The van der Waals surface area contributed by atoms with E-state index in [0.717, 1.165) is 0 Å². The third-order valence-corrected chi connectivity index (χ3v) is 3.28. The van der Waals surface area contributed by atoms with Crippen LogP contribution in [-0.2, 0) is 14.8 Å². The molecule has 0 spiro atoms. The van der Waals surface area contributed by atoms with Crippen LogP contribution in [0.5, 0.6) is 0 Å². The first-order valence-corrected chi connectivity index (χ1v) is 6.37. The van der Waals surface area contributed by atoms with Crippen molar-refractivity contribution in [3.8, 4) is 0 Å². The van der Waals surface area contributed by atoms with E-state index >= 15 is 0 Å². The number of carbonyl (C=O) groups is 1. The lowest BCUT2D eigenvalue weighted by Crippen LogP contribution is -2.40. The molecule has 0 atom stereocenters. The minimum Gasteiger partial charge on any atom is -0.342 e. The first-order valence-electron chi connectivity index (χ1n) is 4.71. The number of likely N-dealkylation sites (N-methyl/N-ethyl adjacent to an activating group) is 1. The average molecular weight is 222 g/mol. The van der Waals surface area contributed by atoms with E-state index < -0.39 is 10.0 Å². The zero-order valence-corrected chi connectivity index (χ0v) is 9.73. The van der Waals surface area contributed by atoms with E-state index in [1.807, 2.05) is 13.8 Å². The van der Waals surface area contributed by atoms with E-state index in [9.17, 15) is 13.2 Å². The van der Waals surface area contributed by atoms with Crippen LogP contribution in [0.25, 0.3) is 0 Å². The fourth-order valence-electron chi connectivity index (χ4n) is 0.962. The number of hydrogen-bond acceptors (Lipinski definition) is 3. The first-order chi connectivity index (χ1) is 6.46. The standard InChI is InChI=1S/C8H18N2O3S/c1-4-10(5-2)8(11)7-9-14(12,13)6-3/h9H,4-7H2,1-3H3. The predicted molar refractivity (Wildman–Crippen MR) is 55.4 cm³/mol. The molecule has 0 aliphatic rings. The summed E-state index contributed by atoms with van der Waals surface area (Å²) in [5, 5.41) is 0. The second kappa shape index (κ2) is 5.98. The Kier molecular flexibility index (Phi) is 5.71. The first kappa shape index (κ1) is 13.4. The van der Waals surface area contributed by atoms with Crippen LogP contribution in [0.3, 0.4) is 0 Å². The van der Waals surface area contributed by atoms with Crippen LogP contribution in [0.15, 0.2) is 0 Å². The van der Waals surface area contributed by atoms with Crippen molar-refractivity contribution in [1.29, 1.82) is 0 Å². The highest BCUT2D eigenvalue weighted by atomic mass is 32.2. The highest BCUT2D eigenvalue weighted by Crippen LogP contribution is 1.89. The van der Waals surface area contributed by atoms with Crippen molar-refractivity contribution in [3.63, 3.8) is 0 Å². The van der Waals surface area contributed by atoms with Gasteiger partial charge in [0.1, 0.15) is 0 Å². The molecule has 0 heterocycles. The van der Waals surface area contributed by atoms with Gasteiger partial charge >= 0.3 is 0 Å². The number of amides is 1. The summed E-state index contributed by atoms with van der Waals surface area (Å²) in [5.41, 5.74) is 0. The highest BCUT2D eigenvalue weighted by molar-refractivity contribution is 7.89. The molecule has 0 fully saturated rings. The van der Waals surface area contributed by atoms with Crippen LogP contribution in [0.2, 0.25) is 0 Å². The monoisotopic (exact) mass is 222 g/mol. The van der Waals surface area contributed by atoms with Crippen molar-refractivity contribution in [2.75, 3.05) is 25.4 Å². The fourth-order valence-corrected chi connectivity index (χ4v) is 1.51. The number of hydrogen-bond donors (Lipinski definition) is 1. The largest absolute Gasteiger partial charge is 0.342 e. The van der Waals surface area contributed by atoms with Gasteiger partial charge in [0.25, 0.3) is 0 Å². The molecule has 6 heteroatoms. The Hall–Kier alpha value is -0.620. The van der Waals surface area contributed by atoms with Gasteiger partial charge < -0.3 is 4.90 Å². The molecule has 1 amide bonds. The summed E-state index contributed by atoms with van der Waals surface area (Å²) >= 11 is 0. The summed E-state index contributed by atoms with van der Waals surface area (Å²) in [4.78, 5) is 12.9. The molecule has 14 heavy (non-hydrogen) atoms. The van der Waals surface area contributed by atoms with Crippen LogP contribution < -0.4 is 4.72 Å². The predicted octanol–water partition coefficient (Wildman–Crippen LogP) is -0.206. The van der Waals surface area contributed by atoms with Gasteiger partial charge in [0.15, 0.2) is 0 Å². The Morgan fingerprint density at radius 1 is 1.21 bits per heavy atom. The van der Waals surface area contributed by atoms with Crippen molar-refractivity contribution in [2.24, 2.45) is 0 Å². The van der Waals surface area contributed by atoms with Crippen molar-refractivity contribution in [2.45, 2.75) is 20.8 Å². The Labute approximate surface area is 85.5 Å². The molecule has 0 aromatic carbocycles. The van der Waals surface area contributed by atoms with Crippen molar-refractivity contribution in [1.82, 2.24) is 9.62 Å². The van der Waals surface area contributed by atoms with Gasteiger partial charge in [0.05, 0.1) is 12.3 Å². The molecule has 0 aliphatic heterocycles. The number of rotatable bonds is 6. The van der Waals surface area contributed by atoms with Gasteiger partial charge in [0, 0.05) is 13.1 Å². The molecule has 0 unspecified atom stereocenters. The Morgan fingerprint density at radius 3 is 2.07 bits per heavy atom. The quantitative estimate of drug-likeness (QED) is 0.676. The Morgan fingerprint density at radius 2 is 1.71 bits per heavy atom. The molecule has 5 nitrogen and oxygen atoms in total. The maximum atomic E-state index is 11.4. The zero-order valence-electron chi connectivity index (χ0n) is 8.91. The number of nitrogens with zero attached hydrogens (tertiary/aromatic N) is 1. The minimum atomic E-state index is -3.26. The molecule has 84 valence electrons. The van der Waals surface area contributed by atoms with Crippen molar-refractivity contribution in [3.05, 3.63) is 0 Å². The maximum Gasteiger partial charge on any atom is 0.237 e. The van der Waals surface area contributed by atoms with Crippen LogP contribution in [0, 0.1) is 0 Å². The third kappa shape index (κ3) is 4.57. The lowest BCUT2D eigenvalue weighted by Gasteiger charge is -2.18. The molecule has 0 saturated carbocycles. The summed E-state index contributed by atoms with van der Waals surface area (Å²) < 4.78 is 24.3. The summed E-state index contributed by atoms with van der Waals surface area (Å²) in [6, 6.07) is 0. The van der Waals surface area contributed by atoms with Crippen LogP contribution in [0.1, 0.15) is 20.8 Å². The number of sulfonamides is 1. The van der Waals surface area contributed by atoms with E-state index in [0.29, 0.717) is 13.1 Å². The molecule has 0 saturated heterocycles. The van der Waals surface area contributed by atoms with Crippen LogP contribution in [-0.4, -0.2) is 44.6 Å². The van der Waals surface area contributed by atoms with E-state index in [4.69, 9.17) is 0 Å². The van der Waals surface area contributed by atoms with Gasteiger partial charge in [-0.15, -0.1) is 0 Å². The van der Waals surface area contributed by atoms with Crippen LogP contribution >= 0.6 is 0 Å². The Bertz CT molecular complexity index is 270. The molecule has 0 radical (unpaired) electrons. The van der Waals surface area contributed by atoms with Gasteiger partial charge in [-0.2, -0.15) is 0 Å². The number of carbonyl (C=O) groups excluding carboxylic acids is 1. The zero-order chi connectivity index (χ0) is 11.2. The fraction of sp³-hybridized carbons (Fsp3) is 0.875. The lowest BCUT2D eigenvalue weighted by molar-refractivity contribution is -0.129. The third-order valence-electron chi connectivity index (χ3n) is 1.94. The van der Waals surface area contributed by atoms with Gasteiger partial charge in [0.2, 0.25) is 15.9 Å². The van der Waals surface area contributed by atoms with Crippen LogP contribution in [0.4, 0.5) is 0 Å². The minimum absolute atomic E-state index is 0.00146. The van der Waals surface area contributed by atoms with Crippen molar-refractivity contribution < 1.29 is 13.2 Å². The summed E-state index contributed by atoms with van der Waals surface area (Å²) in [7, 11) is -3.26. The van der Waals surface area contributed by atoms with Gasteiger partial charge in [-0.25, -0.2) is 13.1 Å². The summed E-state index contributed by atoms with van der Waals surface area (Å²) in [5.74, 6) is -0.189. The molecule has 0 rings (SSSR count). The second-order valence-electron chi connectivity index (χ2n) is 2.79. The van der Waals surface area contributed by atoms with E-state index in [1.165, 1.54) is 6.92 Å². The average Bonchev–Trinajstić information content (AvgIpc) is 2.17. The van der Waals surface area contributed by atoms with Gasteiger partial charge in [-0.3, -0.25) is 4.79 Å². The SMILES string of the molecule is CCN(CC)C(=O)CNS(=O)(=O)CC. The molecule has 0 aromatic heterocycles. The normalized spacial score (nSPS) is 11.4. The topological polar surface area (TPSA) is 66.5 Å². The molecule has 0 aliphatic carbocycles. The Balaban J connectivity index is 4.08. The number of nitrogens with one attached hydrogen (secondary N) is 1. The molecular formula is C8H18N2O3S. The van der Waals surface area contributed by atoms with Gasteiger partial charge in [-0.05, 0) is 20.8 Å². The van der Waals surface area contributed by atoms with E-state index in [2.05, 4.69) is 4.72 Å². The summed E-state index contributed by atoms with van der Waals surface area (Å²) in [6.07, 6.45) is 0. The van der Waals surface area contributed by atoms with Gasteiger partial charge in [-0.1, -0.05) is 0 Å². The smallest absolute Gasteiger partial charge is 0.237 e. The van der Waals surface area contributed by atoms with E-state index in [1.54, 1.807) is 4.90 Å². The highest BCUT2D eigenvalue weighted by Gasteiger charge is 2.13. The van der Waals surface area contributed by atoms with E-state index in [-0.39, 0.29) is 18.2 Å². The molecular weight excluding hydrogens is 204 g/mol. The van der Waals surface area contributed by atoms with Crippen molar-refractivity contribution >= 4 is 15.9 Å². The second-order valence-corrected chi connectivity index (χ2v) is 4.89. The summed E-state index contributed by atoms with van der Waals surface area (Å²) in [6.45, 7) is 6.31. The maximum absolute atomic E-state index is 11.4. The molecule has 0 bridgehead atoms. The lowest BCUT2D eigenvalue weighted by atomic mass is 10.4.